The number of nitrogens with zero attached hydrogens (tertiary/aromatic N) is 2. The van der Waals surface area contributed by atoms with Crippen molar-refractivity contribution in [3.63, 3.8) is 0 Å². The van der Waals surface area contributed by atoms with E-state index in [-0.39, 0.29) is 0 Å². The van der Waals surface area contributed by atoms with Crippen LogP contribution < -0.4 is 14.4 Å². The molecule has 0 radical (unpaired) electrons. The van der Waals surface area contributed by atoms with Gasteiger partial charge in [0.25, 0.3) is 0 Å². The Kier molecular flexibility index (Phi) is 4.17. The Bertz CT molecular complexity index is 957. The van der Waals surface area contributed by atoms with Gasteiger partial charge < -0.3 is 19.4 Å². The molecule has 1 N–H and O–H groups in total. The molecule has 1 fully saturated rings. The summed E-state index contributed by atoms with van der Waals surface area (Å²) in [7, 11) is 0. The number of ether oxygens (including phenoxy) is 2. The molecule has 0 amide bonds. The number of hydrogen-bond donors (Lipinski definition) is 1. The molecule has 0 unspecified atom stereocenters. The van der Waals surface area contributed by atoms with Crippen molar-refractivity contribution in [3.8, 4) is 11.5 Å². The molecule has 1 saturated heterocycles. The van der Waals surface area contributed by atoms with E-state index in [1.54, 1.807) is 0 Å². The van der Waals surface area contributed by atoms with Gasteiger partial charge in [-0.05, 0) is 36.6 Å². The van der Waals surface area contributed by atoms with E-state index in [2.05, 4.69) is 58.2 Å². The van der Waals surface area contributed by atoms with Gasteiger partial charge in [0.05, 0.1) is 0 Å². The van der Waals surface area contributed by atoms with Crippen LogP contribution in [0.5, 0.6) is 11.5 Å². The summed E-state index contributed by atoms with van der Waals surface area (Å²) in [5, 5.41) is 1.25. The first-order valence-corrected chi connectivity index (χ1v) is 9.70. The van der Waals surface area contributed by atoms with Crippen molar-refractivity contribution < 1.29 is 9.47 Å². The van der Waals surface area contributed by atoms with Crippen LogP contribution in [0.3, 0.4) is 0 Å². The highest BCUT2D eigenvalue weighted by molar-refractivity contribution is 5.87. The van der Waals surface area contributed by atoms with E-state index in [4.69, 9.17) is 9.47 Å². The van der Waals surface area contributed by atoms with Crippen LogP contribution in [0, 0.1) is 6.92 Å². The predicted octanol–water partition coefficient (Wildman–Crippen LogP) is 3.57. The van der Waals surface area contributed by atoms with Crippen LogP contribution in [0.1, 0.15) is 11.1 Å². The zero-order valence-electron chi connectivity index (χ0n) is 15.7. The van der Waals surface area contributed by atoms with Gasteiger partial charge in [-0.15, -0.1) is 0 Å². The first-order valence-electron chi connectivity index (χ1n) is 9.70. The molecule has 3 aromatic rings. The molecule has 5 heteroatoms. The number of nitrogens with one attached hydrogen (secondary N) is 1. The summed E-state index contributed by atoms with van der Waals surface area (Å²) < 4.78 is 11.0. The van der Waals surface area contributed by atoms with Crippen LogP contribution in [-0.2, 0) is 6.42 Å². The monoisotopic (exact) mass is 363 g/mol. The molecule has 3 heterocycles. The molecular weight excluding hydrogens is 338 g/mol. The van der Waals surface area contributed by atoms with Crippen molar-refractivity contribution in [2.24, 2.45) is 0 Å². The zero-order chi connectivity index (χ0) is 18.2. The summed E-state index contributed by atoms with van der Waals surface area (Å²) in [6.07, 6.45) is 3.17. The number of anilines is 1. The third-order valence-corrected chi connectivity index (χ3v) is 5.79. The minimum atomic E-state index is 0.322. The van der Waals surface area contributed by atoms with Gasteiger partial charge in [-0.25, -0.2) is 0 Å². The van der Waals surface area contributed by atoms with Crippen LogP contribution in [0.2, 0.25) is 0 Å². The fourth-order valence-electron chi connectivity index (χ4n) is 4.19. The summed E-state index contributed by atoms with van der Waals surface area (Å²) in [6.45, 7) is 8.02. The maximum Gasteiger partial charge on any atom is 0.231 e. The standard InChI is InChI=1S/C22H25N3O2/c1-16-4-2-3-5-20(16)25-10-8-24(9-11-25)7-6-17-14-23-19-13-22-21(12-18(17)19)26-15-27-22/h2-5,12-14,23H,6-11,15H2,1H3. The molecule has 27 heavy (non-hydrogen) atoms. The van der Waals surface area contributed by atoms with E-state index < -0.39 is 0 Å². The van der Waals surface area contributed by atoms with Gasteiger partial charge in [-0.1, -0.05) is 18.2 Å². The van der Waals surface area contributed by atoms with Gasteiger partial charge in [-0.2, -0.15) is 0 Å². The van der Waals surface area contributed by atoms with E-state index in [9.17, 15) is 0 Å². The van der Waals surface area contributed by atoms with Crippen molar-refractivity contribution in [3.05, 3.63) is 53.7 Å². The van der Waals surface area contributed by atoms with Crippen LogP contribution in [-0.4, -0.2) is 49.4 Å². The highest BCUT2D eigenvalue weighted by Crippen LogP contribution is 2.37. The highest BCUT2D eigenvalue weighted by Gasteiger charge is 2.20. The summed E-state index contributed by atoms with van der Waals surface area (Å²) >= 11 is 0. The first-order chi connectivity index (χ1) is 13.3. The Hall–Kier alpha value is -2.66. The summed E-state index contributed by atoms with van der Waals surface area (Å²) in [4.78, 5) is 8.46. The van der Waals surface area contributed by atoms with Crippen molar-refractivity contribution in [1.82, 2.24) is 9.88 Å². The van der Waals surface area contributed by atoms with E-state index in [1.807, 2.05) is 6.07 Å². The lowest BCUT2D eigenvalue weighted by atomic mass is 10.1. The largest absolute Gasteiger partial charge is 0.454 e. The third-order valence-electron chi connectivity index (χ3n) is 5.79. The fourth-order valence-corrected chi connectivity index (χ4v) is 4.19. The molecule has 2 aliphatic rings. The quantitative estimate of drug-likeness (QED) is 0.769. The second-order valence-corrected chi connectivity index (χ2v) is 7.43. The second kappa shape index (κ2) is 6.82. The van der Waals surface area contributed by atoms with Crippen LogP contribution in [0.15, 0.2) is 42.6 Å². The number of fused-ring (bicyclic) bond motifs is 2. The average molecular weight is 363 g/mol. The average Bonchev–Trinajstić information content (AvgIpc) is 3.31. The highest BCUT2D eigenvalue weighted by atomic mass is 16.7. The molecule has 1 aromatic heterocycles. The SMILES string of the molecule is Cc1ccccc1N1CCN(CCc2c[nH]c3cc4c(cc23)OCO4)CC1. The Morgan fingerprint density at radius 2 is 1.78 bits per heavy atom. The number of piperazine rings is 1. The fraction of sp³-hybridized carbons (Fsp3) is 0.364. The molecule has 0 saturated carbocycles. The Morgan fingerprint density at radius 3 is 2.59 bits per heavy atom. The number of aromatic amines is 1. The second-order valence-electron chi connectivity index (χ2n) is 7.43. The topological polar surface area (TPSA) is 40.7 Å². The number of rotatable bonds is 4. The lowest BCUT2D eigenvalue weighted by Crippen LogP contribution is -2.47. The number of aryl methyl sites for hydroxylation is 1. The minimum absolute atomic E-state index is 0.322. The zero-order valence-corrected chi connectivity index (χ0v) is 15.7. The van der Waals surface area contributed by atoms with Gasteiger partial charge in [0.2, 0.25) is 6.79 Å². The summed E-state index contributed by atoms with van der Waals surface area (Å²) in [6, 6.07) is 12.8. The molecule has 5 nitrogen and oxygen atoms in total. The normalized spacial score (nSPS) is 17.0. The number of hydrogen-bond acceptors (Lipinski definition) is 4. The molecule has 0 spiro atoms. The maximum absolute atomic E-state index is 5.54. The number of aromatic nitrogens is 1. The molecule has 2 aromatic carbocycles. The van der Waals surface area contributed by atoms with Crippen molar-refractivity contribution in [2.45, 2.75) is 13.3 Å². The lowest BCUT2D eigenvalue weighted by Gasteiger charge is -2.36. The number of para-hydroxylation sites is 1. The lowest BCUT2D eigenvalue weighted by molar-refractivity contribution is 0.174. The van der Waals surface area contributed by atoms with Gasteiger partial charge in [0.15, 0.2) is 11.5 Å². The molecule has 5 rings (SSSR count). The number of benzene rings is 2. The Morgan fingerprint density at radius 1 is 1.00 bits per heavy atom. The molecule has 2 aliphatic heterocycles. The van der Waals surface area contributed by atoms with Crippen molar-refractivity contribution >= 4 is 16.6 Å². The van der Waals surface area contributed by atoms with E-state index >= 15 is 0 Å². The van der Waals surface area contributed by atoms with Gasteiger partial charge >= 0.3 is 0 Å². The van der Waals surface area contributed by atoms with Crippen molar-refractivity contribution in [2.75, 3.05) is 44.4 Å². The molecule has 0 atom stereocenters. The molecule has 140 valence electrons. The minimum Gasteiger partial charge on any atom is -0.454 e. The Balaban J connectivity index is 1.22. The number of H-pyrrole nitrogens is 1. The first kappa shape index (κ1) is 16.5. The van der Waals surface area contributed by atoms with Crippen LogP contribution in [0.4, 0.5) is 5.69 Å². The van der Waals surface area contributed by atoms with E-state index in [0.29, 0.717) is 6.79 Å². The van der Waals surface area contributed by atoms with E-state index in [0.717, 1.165) is 56.2 Å². The van der Waals surface area contributed by atoms with Gasteiger partial charge in [0.1, 0.15) is 0 Å². The van der Waals surface area contributed by atoms with Crippen LogP contribution >= 0.6 is 0 Å². The maximum atomic E-state index is 5.54. The third kappa shape index (κ3) is 3.12. The van der Waals surface area contributed by atoms with Gasteiger partial charge in [-0.3, -0.25) is 4.90 Å². The van der Waals surface area contributed by atoms with E-state index in [1.165, 1.54) is 22.2 Å². The Labute approximate surface area is 159 Å². The summed E-state index contributed by atoms with van der Waals surface area (Å²) in [5.41, 5.74) is 5.22. The smallest absolute Gasteiger partial charge is 0.231 e. The van der Waals surface area contributed by atoms with Crippen molar-refractivity contribution in [1.29, 1.82) is 0 Å². The molecular formula is C22H25N3O2. The summed E-state index contributed by atoms with van der Waals surface area (Å²) in [5.74, 6) is 1.69. The predicted molar refractivity (Wildman–Crippen MR) is 108 cm³/mol. The molecule has 0 aliphatic carbocycles. The molecule has 0 bridgehead atoms. The van der Waals surface area contributed by atoms with Gasteiger partial charge in [0, 0.05) is 61.6 Å². The van der Waals surface area contributed by atoms with Crippen LogP contribution in [0.25, 0.3) is 10.9 Å².